The minimum absolute atomic E-state index is 0.418. The van der Waals surface area contributed by atoms with Crippen LogP contribution in [0.3, 0.4) is 0 Å². The van der Waals surface area contributed by atoms with E-state index in [9.17, 15) is 9.59 Å². The van der Waals surface area contributed by atoms with Crippen molar-refractivity contribution in [2.24, 2.45) is 11.8 Å². The number of para-hydroxylation sites is 1. The first-order chi connectivity index (χ1) is 12.6. The number of nitrogens with one attached hydrogen (secondary N) is 1. The number of carbonyl (C=O) groups excluding carboxylic acids is 2. The van der Waals surface area contributed by atoms with Crippen LogP contribution in [0.4, 0.5) is 5.69 Å². The molecule has 0 aromatic heterocycles. The monoisotopic (exact) mass is 355 g/mol. The number of esters is 2. The largest absolute Gasteiger partial charge is 0.469 e. The minimum atomic E-state index is -0.722. The molecule has 3 atom stereocenters. The lowest BCUT2D eigenvalue weighted by molar-refractivity contribution is -0.158. The molecule has 0 amide bonds. The van der Waals surface area contributed by atoms with Crippen LogP contribution in [-0.4, -0.2) is 26.2 Å². The first kappa shape index (κ1) is 19.5. The fraction of sp³-hybridized carbons (Fsp3) is 0.333. The molecule has 5 heteroatoms. The average molecular weight is 355 g/mol. The van der Waals surface area contributed by atoms with Gasteiger partial charge in [-0.2, -0.15) is 0 Å². The molecule has 0 saturated carbocycles. The van der Waals surface area contributed by atoms with Crippen LogP contribution in [0.25, 0.3) is 0 Å². The Morgan fingerprint density at radius 1 is 0.885 bits per heavy atom. The predicted octanol–water partition coefficient (Wildman–Crippen LogP) is 3.83. The van der Waals surface area contributed by atoms with Crippen molar-refractivity contribution in [2.45, 2.75) is 19.4 Å². The zero-order valence-corrected chi connectivity index (χ0v) is 15.3. The lowest BCUT2D eigenvalue weighted by Gasteiger charge is -2.31. The Balaban J connectivity index is 2.50. The van der Waals surface area contributed by atoms with Crippen LogP contribution < -0.4 is 5.32 Å². The summed E-state index contributed by atoms with van der Waals surface area (Å²) in [4.78, 5) is 25.0. The van der Waals surface area contributed by atoms with Crippen molar-refractivity contribution < 1.29 is 19.1 Å². The molecule has 26 heavy (non-hydrogen) atoms. The summed E-state index contributed by atoms with van der Waals surface area (Å²) in [5, 5.41) is 3.40. The highest BCUT2D eigenvalue weighted by molar-refractivity contribution is 5.83. The molecule has 5 nitrogen and oxygen atoms in total. The van der Waals surface area contributed by atoms with Gasteiger partial charge in [-0.3, -0.25) is 9.59 Å². The third kappa shape index (κ3) is 4.63. The number of carbonyl (C=O) groups is 2. The first-order valence-electron chi connectivity index (χ1n) is 8.64. The van der Waals surface area contributed by atoms with Gasteiger partial charge >= 0.3 is 11.9 Å². The van der Waals surface area contributed by atoms with E-state index in [1.807, 2.05) is 67.6 Å². The lowest BCUT2D eigenvalue weighted by atomic mass is 9.80. The second-order valence-corrected chi connectivity index (χ2v) is 5.99. The molecule has 0 bridgehead atoms. The summed E-state index contributed by atoms with van der Waals surface area (Å²) < 4.78 is 9.98. The van der Waals surface area contributed by atoms with Gasteiger partial charge in [0.1, 0.15) is 0 Å². The highest BCUT2D eigenvalue weighted by Crippen LogP contribution is 2.35. The molecule has 0 spiro atoms. The van der Waals surface area contributed by atoms with Gasteiger partial charge in [-0.15, -0.1) is 0 Å². The number of methoxy groups -OCH3 is 2. The summed E-state index contributed by atoms with van der Waals surface area (Å²) >= 11 is 0. The fourth-order valence-corrected chi connectivity index (χ4v) is 3.14. The first-order valence-corrected chi connectivity index (χ1v) is 8.64. The molecule has 1 N–H and O–H groups in total. The van der Waals surface area contributed by atoms with E-state index in [0.29, 0.717) is 6.42 Å². The van der Waals surface area contributed by atoms with Crippen molar-refractivity contribution in [3.05, 3.63) is 66.2 Å². The highest BCUT2D eigenvalue weighted by Gasteiger charge is 2.40. The molecule has 0 fully saturated rings. The van der Waals surface area contributed by atoms with Crippen molar-refractivity contribution in [1.82, 2.24) is 0 Å². The SMILES string of the molecule is CC[C@@H](C(=O)OC)[C@@H](C(=O)OC)[C@@H](Nc1ccccc1)c1ccccc1. The van der Waals surface area contributed by atoms with Gasteiger partial charge < -0.3 is 14.8 Å². The van der Waals surface area contributed by atoms with Crippen LogP contribution in [0.15, 0.2) is 60.7 Å². The maximum absolute atomic E-state index is 12.7. The van der Waals surface area contributed by atoms with Gasteiger partial charge in [0.05, 0.1) is 32.1 Å². The zero-order valence-electron chi connectivity index (χ0n) is 15.3. The molecule has 2 rings (SSSR count). The van der Waals surface area contributed by atoms with Crippen LogP contribution in [0.2, 0.25) is 0 Å². The number of hydrogen-bond donors (Lipinski definition) is 1. The van der Waals surface area contributed by atoms with Crippen molar-refractivity contribution >= 4 is 17.6 Å². The normalized spacial score (nSPS) is 14.0. The Bertz CT molecular complexity index is 702. The predicted molar refractivity (Wildman–Crippen MR) is 101 cm³/mol. The Kier molecular flexibility index (Phi) is 7.21. The summed E-state index contributed by atoms with van der Waals surface area (Å²) in [5.74, 6) is -2.20. The molecule has 0 saturated heterocycles. The van der Waals surface area contributed by atoms with Crippen LogP contribution in [0.1, 0.15) is 24.9 Å². The molecule has 0 aliphatic carbocycles. The van der Waals surface area contributed by atoms with Gasteiger partial charge in [-0.05, 0) is 24.1 Å². The zero-order chi connectivity index (χ0) is 18.9. The summed E-state index contributed by atoms with van der Waals surface area (Å²) in [6.07, 6.45) is 0.465. The Morgan fingerprint density at radius 3 is 1.92 bits per heavy atom. The molecule has 2 aromatic carbocycles. The number of hydrogen-bond acceptors (Lipinski definition) is 5. The number of ether oxygens (including phenoxy) is 2. The van der Waals surface area contributed by atoms with Gasteiger partial charge in [-0.25, -0.2) is 0 Å². The van der Waals surface area contributed by atoms with E-state index in [4.69, 9.17) is 9.47 Å². The standard InChI is InChI=1S/C21H25NO4/c1-4-17(20(23)25-2)18(21(24)26-3)19(15-11-7-5-8-12-15)22-16-13-9-6-10-14-16/h5-14,17-19,22H,4H2,1-3H3/t17-,18-,19+/m1/s1. The van der Waals surface area contributed by atoms with Crippen molar-refractivity contribution in [2.75, 3.05) is 19.5 Å². The summed E-state index contributed by atoms with van der Waals surface area (Å²) in [6, 6.07) is 18.7. The molecule has 0 aliphatic heterocycles. The second-order valence-electron chi connectivity index (χ2n) is 5.99. The lowest BCUT2D eigenvalue weighted by Crippen LogP contribution is -2.38. The number of benzene rings is 2. The van der Waals surface area contributed by atoms with Gasteiger partial charge in [0.2, 0.25) is 0 Å². The Labute approximate surface area is 154 Å². The van der Waals surface area contributed by atoms with Crippen molar-refractivity contribution in [3.63, 3.8) is 0 Å². The van der Waals surface area contributed by atoms with Gasteiger partial charge in [-0.1, -0.05) is 55.5 Å². The van der Waals surface area contributed by atoms with Crippen LogP contribution >= 0.6 is 0 Å². The topological polar surface area (TPSA) is 64.6 Å². The molecule has 0 unspecified atom stereocenters. The highest BCUT2D eigenvalue weighted by atomic mass is 16.5. The number of rotatable bonds is 8. The molecule has 2 aromatic rings. The Morgan fingerprint density at radius 2 is 1.42 bits per heavy atom. The second kappa shape index (κ2) is 9.61. The quantitative estimate of drug-likeness (QED) is 0.729. The smallest absolute Gasteiger partial charge is 0.311 e. The van der Waals surface area contributed by atoms with Crippen LogP contribution in [0.5, 0.6) is 0 Å². The van der Waals surface area contributed by atoms with Gasteiger partial charge in [0.25, 0.3) is 0 Å². The van der Waals surface area contributed by atoms with Crippen LogP contribution in [0, 0.1) is 11.8 Å². The van der Waals surface area contributed by atoms with Gasteiger partial charge in [0.15, 0.2) is 0 Å². The van der Waals surface area contributed by atoms with E-state index in [-0.39, 0.29) is 0 Å². The maximum atomic E-state index is 12.7. The minimum Gasteiger partial charge on any atom is -0.469 e. The van der Waals surface area contributed by atoms with E-state index < -0.39 is 29.8 Å². The average Bonchev–Trinajstić information content (AvgIpc) is 2.71. The van der Waals surface area contributed by atoms with Gasteiger partial charge in [0, 0.05) is 5.69 Å². The van der Waals surface area contributed by atoms with Crippen LogP contribution in [-0.2, 0) is 19.1 Å². The molecular formula is C21H25NO4. The fourth-order valence-electron chi connectivity index (χ4n) is 3.14. The molecule has 0 aliphatic rings. The summed E-state index contributed by atoms with van der Waals surface area (Å²) in [6.45, 7) is 1.86. The summed E-state index contributed by atoms with van der Waals surface area (Å²) in [5.41, 5.74) is 1.75. The number of anilines is 1. The van der Waals surface area contributed by atoms with Crippen molar-refractivity contribution in [1.29, 1.82) is 0 Å². The molecular weight excluding hydrogens is 330 g/mol. The van der Waals surface area contributed by atoms with E-state index in [0.717, 1.165) is 11.3 Å². The summed E-state index contributed by atoms with van der Waals surface area (Å²) in [7, 11) is 2.67. The van der Waals surface area contributed by atoms with E-state index in [2.05, 4.69) is 5.32 Å². The van der Waals surface area contributed by atoms with E-state index >= 15 is 0 Å². The van der Waals surface area contributed by atoms with E-state index in [1.165, 1.54) is 14.2 Å². The maximum Gasteiger partial charge on any atom is 0.311 e. The third-order valence-electron chi connectivity index (χ3n) is 4.46. The third-order valence-corrected chi connectivity index (χ3v) is 4.46. The molecule has 138 valence electrons. The Hall–Kier alpha value is -2.82. The molecule has 0 radical (unpaired) electrons. The molecule has 0 heterocycles. The van der Waals surface area contributed by atoms with E-state index in [1.54, 1.807) is 0 Å². The van der Waals surface area contributed by atoms with Crippen molar-refractivity contribution in [3.8, 4) is 0 Å².